The van der Waals surface area contributed by atoms with E-state index in [2.05, 4.69) is 9.72 Å². The van der Waals surface area contributed by atoms with Gasteiger partial charge in [-0.3, -0.25) is 0 Å². The van der Waals surface area contributed by atoms with Crippen LogP contribution in [-0.4, -0.2) is 16.5 Å². The first kappa shape index (κ1) is 11.3. The summed E-state index contributed by atoms with van der Waals surface area (Å²) < 4.78 is 39.2. The fraction of sp³-hybridized carbons (Fsp3) is 0.286. The highest BCUT2D eigenvalue weighted by Crippen LogP contribution is 2.28. The second-order valence-corrected chi connectivity index (χ2v) is 3.59. The van der Waals surface area contributed by atoms with Crippen molar-refractivity contribution in [2.24, 2.45) is 0 Å². The standard InChI is InChI=1S/C7H5F3INO2/c1-3-6(13)4(11)2-5(12-3)14-7(8,9)10/h2,13H,1H3. The van der Waals surface area contributed by atoms with Crippen LogP contribution in [0, 0.1) is 10.5 Å². The summed E-state index contributed by atoms with van der Waals surface area (Å²) >= 11 is 1.69. The van der Waals surface area contributed by atoms with Crippen molar-refractivity contribution in [3.05, 3.63) is 15.3 Å². The summed E-state index contributed by atoms with van der Waals surface area (Å²) in [5.74, 6) is -0.711. The second kappa shape index (κ2) is 3.79. The number of hydrogen-bond acceptors (Lipinski definition) is 3. The Balaban J connectivity index is 3.02. The highest BCUT2D eigenvalue weighted by atomic mass is 127. The lowest BCUT2D eigenvalue weighted by Gasteiger charge is -2.09. The Hall–Kier alpha value is -0.730. The zero-order valence-electron chi connectivity index (χ0n) is 6.89. The normalized spacial score (nSPS) is 11.5. The lowest BCUT2D eigenvalue weighted by atomic mass is 10.3. The molecule has 0 aromatic carbocycles. The van der Waals surface area contributed by atoms with Crippen molar-refractivity contribution in [2.45, 2.75) is 13.3 Å². The third kappa shape index (κ3) is 2.89. The number of rotatable bonds is 1. The molecule has 0 radical (unpaired) electrons. The van der Waals surface area contributed by atoms with E-state index in [0.29, 0.717) is 0 Å². The Labute approximate surface area is 91.0 Å². The molecular weight excluding hydrogens is 314 g/mol. The first-order valence-corrected chi connectivity index (χ1v) is 4.49. The van der Waals surface area contributed by atoms with Crippen LogP contribution in [-0.2, 0) is 0 Å². The number of halogens is 4. The van der Waals surface area contributed by atoms with Crippen LogP contribution in [0.25, 0.3) is 0 Å². The van der Waals surface area contributed by atoms with Gasteiger partial charge in [0.2, 0.25) is 5.88 Å². The minimum atomic E-state index is -4.76. The molecule has 1 heterocycles. The first-order valence-electron chi connectivity index (χ1n) is 3.41. The van der Waals surface area contributed by atoms with Crippen molar-refractivity contribution in [3.63, 3.8) is 0 Å². The molecule has 1 aromatic heterocycles. The smallest absolute Gasteiger partial charge is 0.505 e. The van der Waals surface area contributed by atoms with Gasteiger partial charge in [0.05, 0.1) is 9.26 Å². The monoisotopic (exact) mass is 319 g/mol. The minimum Gasteiger partial charge on any atom is -0.505 e. The molecule has 0 unspecified atom stereocenters. The average molecular weight is 319 g/mol. The maximum Gasteiger partial charge on any atom is 0.574 e. The molecule has 0 saturated carbocycles. The third-order valence-corrected chi connectivity index (χ3v) is 2.14. The van der Waals surface area contributed by atoms with Gasteiger partial charge in [-0.1, -0.05) is 0 Å². The van der Waals surface area contributed by atoms with E-state index >= 15 is 0 Å². The van der Waals surface area contributed by atoms with E-state index in [9.17, 15) is 18.3 Å². The van der Waals surface area contributed by atoms with Gasteiger partial charge in [-0.25, -0.2) is 4.98 Å². The molecule has 1 aromatic rings. The summed E-state index contributed by atoms with van der Waals surface area (Å²) in [5.41, 5.74) is 0.0937. The number of nitrogens with zero attached hydrogens (tertiary/aromatic N) is 1. The summed E-state index contributed by atoms with van der Waals surface area (Å²) in [7, 11) is 0. The van der Waals surface area contributed by atoms with E-state index < -0.39 is 12.2 Å². The SMILES string of the molecule is Cc1nc(OC(F)(F)F)cc(I)c1O. The lowest BCUT2D eigenvalue weighted by Crippen LogP contribution is -2.18. The van der Waals surface area contributed by atoms with E-state index in [4.69, 9.17) is 0 Å². The van der Waals surface area contributed by atoms with Gasteiger partial charge in [0.25, 0.3) is 0 Å². The minimum absolute atomic E-state index is 0.0937. The zero-order valence-corrected chi connectivity index (χ0v) is 9.05. The van der Waals surface area contributed by atoms with Crippen molar-refractivity contribution in [1.82, 2.24) is 4.98 Å². The van der Waals surface area contributed by atoms with Gasteiger partial charge in [-0.05, 0) is 29.5 Å². The van der Waals surface area contributed by atoms with Gasteiger partial charge < -0.3 is 9.84 Å². The molecule has 7 heteroatoms. The zero-order chi connectivity index (χ0) is 10.9. The molecule has 0 saturated heterocycles. The van der Waals surface area contributed by atoms with Crippen LogP contribution in [0.15, 0.2) is 6.07 Å². The molecule has 0 bridgehead atoms. The van der Waals surface area contributed by atoms with Crippen molar-refractivity contribution < 1.29 is 23.0 Å². The van der Waals surface area contributed by atoms with E-state index in [0.717, 1.165) is 6.07 Å². The van der Waals surface area contributed by atoms with Gasteiger partial charge >= 0.3 is 6.36 Å². The number of aromatic hydroxyl groups is 1. The summed E-state index contributed by atoms with van der Waals surface area (Å²) in [5, 5.41) is 9.22. The van der Waals surface area contributed by atoms with Crippen LogP contribution in [0.2, 0.25) is 0 Å². The van der Waals surface area contributed by atoms with Crippen LogP contribution >= 0.6 is 22.6 Å². The molecule has 1 rings (SSSR count). The van der Waals surface area contributed by atoms with Gasteiger partial charge in [0.15, 0.2) is 0 Å². The fourth-order valence-corrected chi connectivity index (χ4v) is 1.43. The number of hydrogen-bond donors (Lipinski definition) is 1. The first-order chi connectivity index (χ1) is 6.29. The molecule has 78 valence electrons. The molecule has 14 heavy (non-hydrogen) atoms. The van der Waals surface area contributed by atoms with E-state index in [1.165, 1.54) is 6.92 Å². The molecule has 3 nitrogen and oxygen atoms in total. The Morgan fingerprint density at radius 3 is 2.50 bits per heavy atom. The van der Waals surface area contributed by atoms with Crippen LogP contribution in [0.3, 0.4) is 0 Å². The Morgan fingerprint density at radius 2 is 2.07 bits per heavy atom. The summed E-state index contributed by atoms with van der Waals surface area (Å²) in [6.07, 6.45) is -4.76. The number of alkyl halides is 3. The predicted molar refractivity (Wildman–Crippen MR) is 50.0 cm³/mol. The van der Waals surface area contributed by atoms with Gasteiger partial charge in [-0.2, -0.15) is 0 Å². The quantitative estimate of drug-likeness (QED) is 0.809. The molecule has 0 aliphatic rings. The topological polar surface area (TPSA) is 42.4 Å². The van der Waals surface area contributed by atoms with Crippen molar-refractivity contribution in [3.8, 4) is 11.6 Å². The van der Waals surface area contributed by atoms with Crippen molar-refractivity contribution in [2.75, 3.05) is 0 Å². The average Bonchev–Trinajstić information content (AvgIpc) is 1.96. The van der Waals surface area contributed by atoms with E-state index in [1.54, 1.807) is 22.6 Å². The fourth-order valence-electron chi connectivity index (χ4n) is 0.771. The number of aryl methyl sites for hydroxylation is 1. The van der Waals surface area contributed by atoms with Gasteiger partial charge in [0, 0.05) is 6.07 Å². The van der Waals surface area contributed by atoms with Crippen LogP contribution in [0.5, 0.6) is 11.6 Å². The highest BCUT2D eigenvalue weighted by Gasteiger charge is 2.32. The molecule has 0 spiro atoms. The summed E-state index contributed by atoms with van der Waals surface area (Å²) in [4.78, 5) is 3.42. The predicted octanol–water partition coefficient (Wildman–Crippen LogP) is 2.60. The van der Waals surface area contributed by atoms with E-state index in [-0.39, 0.29) is 15.0 Å². The Bertz CT molecular complexity index is 330. The maximum atomic E-state index is 11.8. The molecule has 1 N–H and O–H groups in total. The number of ether oxygens (including phenoxy) is 1. The van der Waals surface area contributed by atoms with Crippen LogP contribution in [0.4, 0.5) is 13.2 Å². The summed E-state index contributed by atoms with van der Waals surface area (Å²) in [6, 6.07) is 1.01. The second-order valence-electron chi connectivity index (χ2n) is 2.42. The summed E-state index contributed by atoms with van der Waals surface area (Å²) in [6.45, 7) is 1.39. The molecule has 0 aliphatic heterocycles. The third-order valence-electron chi connectivity index (χ3n) is 1.32. The molecule has 0 atom stereocenters. The molecular formula is C7H5F3INO2. The van der Waals surface area contributed by atoms with Crippen molar-refractivity contribution >= 4 is 22.6 Å². The lowest BCUT2D eigenvalue weighted by molar-refractivity contribution is -0.276. The molecule has 0 fully saturated rings. The molecule has 0 aliphatic carbocycles. The van der Waals surface area contributed by atoms with Crippen molar-refractivity contribution in [1.29, 1.82) is 0 Å². The Kier molecular flexibility index (Phi) is 3.07. The Morgan fingerprint density at radius 1 is 1.50 bits per heavy atom. The maximum absolute atomic E-state index is 11.8. The largest absolute Gasteiger partial charge is 0.574 e. The molecule has 0 amide bonds. The van der Waals surface area contributed by atoms with Gasteiger partial charge in [0.1, 0.15) is 5.75 Å². The van der Waals surface area contributed by atoms with Crippen LogP contribution in [0.1, 0.15) is 5.69 Å². The number of aromatic nitrogens is 1. The number of pyridine rings is 1. The van der Waals surface area contributed by atoms with Gasteiger partial charge in [-0.15, -0.1) is 13.2 Å². The van der Waals surface area contributed by atoms with Crippen LogP contribution < -0.4 is 4.74 Å². The highest BCUT2D eigenvalue weighted by molar-refractivity contribution is 14.1. The van der Waals surface area contributed by atoms with E-state index in [1.807, 2.05) is 0 Å².